The van der Waals surface area contributed by atoms with E-state index in [0.29, 0.717) is 36.7 Å². The molecule has 2 heterocycles. The number of pyridine rings is 1. The van der Waals surface area contributed by atoms with Crippen LogP contribution in [0.25, 0.3) is 0 Å². The third-order valence-corrected chi connectivity index (χ3v) is 7.54. The Labute approximate surface area is 236 Å². The van der Waals surface area contributed by atoms with Crippen molar-refractivity contribution in [3.05, 3.63) is 53.3 Å². The number of anilines is 5. The molecule has 9 nitrogen and oxygen atoms in total. The summed E-state index contributed by atoms with van der Waals surface area (Å²) in [5, 5.41) is 8.68. The lowest BCUT2D eigenvalue weighted by Gasteiger charge is -2.21. The standard InChI is InChI=1S/C29H33F3N6O3/c1-17-8-9-21(23(12-17)36-26(39)28(10-11-28)16-41-19-6-4-5-7-19)35-25-20(29(30,31)32)15-34-27(38-25)37-22-13-24(40-3)33-14-18(22)2/h8-9,12-15,19H,4-7,10-11,16H2,1-3H3,(H,36,39)(H2,33,34,35,37,38). The molecule has 1 aromatic carbocycles. The minimum Gasteiger partial charge on any atom is -0.481 e. The van der Waals surface area contributed by atoms with Gasteiger partial charge in [-0.1, -0.05) is 18.9 Å². The average molecular weight is 571 g/mol. The van der Waals surface area contributed by atoms with Crippen LogP contribution in [0.5, 0.6) is 5.88 Å². The number of hydrogen-bond donors (Lipinski definition) is 3. The van der Waals surface area contributed by atoms with Crippen LogP contribution in [-0.2, 0) is 15.7 Å². The van der Waals surface area contributed by atoms with Crippen LogP contribution in [0.1, 0.15) is 55.2 Å². The van der Waals surface area contributed by atoms with Gasteiger partial charge in [0, 0.05) is 18.5 Å². The Balaban J connectivity index is 1.39. The third-order valence-electron chi connectivity index (χ3n) is 7.54. The van der Waals surface area contributed by atoms with E-state index in [0.717, 1.165) is 43.0 Å². The number of alkyl halides is 3. The lowest BCUT2D eigenvalue weighted by Crippen LogP contribution is -2.30. The van der Waals surface area contributed by atoms with Crippen LogP contribution in [0, 0.1) is 19.3 Å². The number of carbonyl (C=O) groups is 1. The minimum absolute atomic E-state index is 0.0597. The molecule has 0 unspecified atom stereocenters. The predicted molar refractivity (Wildman–Crippen MR) is 149 cm³/mol. The second-order valence-corrected chi connectivity index (χ2v) is 10.7. The number of rotatable bonds is 10. The highest BCUT2D eigenvalue weighted by Crippen LogP contribution is 2.48. The second-order valence-electron chi connectivity index (χ2n) is 10.7. The first-order valence-electron chi connectivity index (χ1n) is 13.6. The van der Waals surface area contributed by atoms with Crippen molar-refractivity contribution in [3.63, 3.8) is 0 Å². The van der Waals surface area contributed by atoms with Crippen LogP contribution >= 0.6 is 0 Å². The lowest BCUT2D eigenvalue weighted by molar-refractivity contribution is -0.137. The Morgan fingerprint density at radius 3 is 2.46 bits per heavy atom. The van der Waals surface area contributed by atoms with Gasteiger partial charge in [-0.05, 0) is 62.8 Å². The topological polar surface area (TPSA) is 110 Å². The largest absolute Gasteiger partial charge is 0.481 e. The molecule has 3 aromatic rings. The Bertz CT molecular complexity index is 1420. The molecule has 218 valence electrons. The highest BCUT2D eigenvalue weighted by atomic mass is 19.4. The number of methoxy groups -OCH3 is 1. The predicted octanol–water partition coefficient (Wildman–Crippen LogP) is 6.68. The minimum atomic E-state index is -4.72. The fourth-order valence-electron chi connectivity index (χ4n) is 4.79. The molecule has 1 amide bonds. The van der Waals surface area contributed by atoms with E-state index in [-0.39, 0.29) is 23.6 Å². The van der Waals surface area contributed by atoms with Crippen molar-refractivity contribution in [1.82, 2.24) is 15.0 Å². The molecular formula is C29H33F3N6O3. The molecule has 3 N–H and O–H groups in total. The molecule has 12 heteroatoms. The molecule has 2 aliphatic carbocycles. The van der Waals surface area contributed by atoms with Gasteiger partial charge < -0.3 is 25.4 Å². The molecule has 2 aliphatic rings. The molecule has 5 rings (SSSR count). The fraction of sp³-hybridized carbons (Fsp3) is 0.448. The van der Waals surface area contributed by atoms with Gasteiger partial charge in [0.25, 0.3) is 0 Å². The Hall–Kier alpha value is -3.93. The van der Waals surface area contributed by atoms with Crippen LogP contribution in [-0.4, -0.2) is 40.7 Å². The number of aromatic nitrogens is 3. The zero-order valence-corrected chi connectivity index (χ0v) is 23.2. The summed E-state index contributed by atoms with van der Waals surface area (Å²) in [6.45, 7) is 3.97. The van der Waals surface area contributed by atoms with Crippen molar-refractivity contribution in [2.45, 2.75) is 64.7 Å². The number of amides is 1. The van der Waals surface area contributed by atoms with E-state index in [9.17, 15) is 18.0 Å². The van der Waals surface area contributed by atoms with Crippen LogP contribution in [0.4, 0.5) is 42.0 Å². The zero-order chi connectivity index (χ0) is 29.2. The summed E-state index contributed by atoms with van der Waals surface area (Å²) in [4.78, 5) is 25.5. The molecule has 0 bridgehead atoms. The molecule has 0 saturated heterocycles. The SMILES string of the molecule is COc1cc(Nc2ncc(C(F)(F)F)c(Nc3ccc(C)cc3NC(=O)C3(COC4CCCC4)CC3)n2)c(C)cn1. The van der Waals surface area contributed by atoms with Crippen molar-refractivity contribution >= 4 is 34.7 Å². The summed E-state index contributed by atoms with van der Waals surface area (Å²) in [6.07, 6.45) is 3.46. The van der Waals surface area contributed by atoms with Gasteiger partial charge in [-0.25, -0.2) is 9.97 Å². The lowest BCUT2D eigenvalue weighted by atomic mass is 10.1. The van der Waals surface area contributed by atoms with E-state index in [4.69, 9.17) is 9.47 Å². The first-order chi connectivity index (χ1) is 19.6. The first kappa shape index (κ1) is 28.6. The van der Waals surface area contributed by atoms with Crippen LogP contribution in [0.15, 0.2) is 36.7 Å². The van der Waals surface area contributed by atoms with Crippen LogP contribution in [0.2, 0.25) is 0 Å². The van der Waals surface area contributed by atoms with E-state index in [1.54, 1.807) is 37.4 Å². The number of nitrogens with zero attached hydrogens (tertiary/aromatic N) is 3. The van der Waals surface area contributed by atoms with E-state index < -0.39 is 23.0 Å². The number of carbonyl (C=O) groups excluding carboxylic acids is 1. The summed E-state index contributed by atoms with van der Waals surface area (Å²) in [5.41, 5.74) is 1.05. The van der Waals surface area contributed by atoms with E-state index >= 15 is 0 Å². The maximum atomic E-state index is 14.0. The van der Waals surface area contributed by atoms with Crippen molar-refractivity contribution in [1.29, 1.82) is 0 Å². The molecule has 2 fully saturated rings. The van der Waals surface area contributed by atoms with Gasteiger partial charge >= 0.3 is 6.18 Å². The molecule has 41 heavy (non-hydrogen) atoms. The smallest absolute Gasteiger partial charge is 0.421 e. The van der Waals surface area contributed by atoms with Crippen molar-refractivity contribution in [3.8, 4) is 5.88 Å². The summed E-state index contributed by atoms with van der Waals surface area (Å²) < 4.78 is 53.1. The number of ether oxygens (including phenoxy) is 2. The normalized spacial score (nSPS) is 16.3. The number of nitrogens with one attached hydrogen (secondary N) is 3. The third kappa shape index (κ3) is 6.70. The summed E-state index contributed by atoms with van der Waals surface area (Å²) in [6, 6.07) is 6.68. The van der Waals surface area contributed by atoms with Gasteiger partial charge in [0.15, 0.2) is 0 Å². The molecule has 2 aromatic heterocycles. The maximum Gasteiger partial charge on any atom is 0.421 e. The van der Waals surface area contributed by atoms with Gasteiger partial charge in [0.05, 0.1) is 42.3 Å². The number of hydrogen-bond acceptors (Lipinski definition) is 8. The van der Waals surface area contributed by atoms with Crippen LogP contribution in [0.3, 0.4) is 0 Å². The zero-order valence-electron chi connectivity index (χ0n) is 23.2. The maximum absolute atomic E-state index is 14.0. The van der Waals surface area contributed by atoms with Gasteiger partial charge in [-0.2, -0.15) is 18.2 Å². The van der Waals surface area contributed by atoms with E-state index in [2.05, 4.69) is 30.9 Å². The Morgan fingerprint density at radius 2 is 1.78 bits per heavy atom. The van der Waals surface area contributed by atoms with Crippen molar-refractivity contribution < 1.29 is 27.4 Å². The summed E-state index contributed by atoms with van der Waals surface area (Å²) in [7, 11) is 1.46. The number of halogens is 3. The quantitative estimate of drug-likeness (QED) is 0.248. The van der Waals surface area contributed by atoms with Crippen molar-refractivity contribution in [2.24, 2.45) is 5.41 Å². The molecule has 0 spiro atoms. The highest BCUT2D eigenvalue weighted by Gasteiger charge is 2.50. The number of aryl methyl sites for hydroxylation is 2. The van der Waals surface area contributed by atoms with E-state index in [1.807, 2.05) is 6.92 Å². The van der Waals surface area contributed by atoms with Gasteiger partial charge in [0.2, 0.25) is 17.7 Å². The molecule has 0 atom stereocenters. The Kier molecular flexibility index (Phi) is 8.03. The van der Waals surface area contributed by atoms with Crippen molar-refractivity contribution in [2.75, 3.05) is 29.7 Å². The molecule has 2 saturated carbocycles. The second kappa shape index (κ2) is 11.5. The van der Waals surface area contributed by atoms with Gasteiger partial charge in [-0.3, -0.25) is 4.79 Å². The monoisotopic (exact) mass is 570 g/mol. The molecule has 0 radical (unpaired) electrons. The molecule has 0 aliphatic heterocycles. The van der Waals surface area contributed by atoms with Gasteiger partial charge in [0.1, 0.15) is 11.4 Å². The average Bonchev–Trinajstić information content (AvgIpc) is 3.55. The van der Waals surface area contributed by atoms with Crippen LogP contribution < -0.4 is 20.7 Å². The first-order valence-corrected chi connectivity index (χ1v) is 13.6. The fourth-order valence-corrected chi connectivity index (χ4v) is 4.79. The summed E-state index contributed by atoms with van der Waals surface area (Å²) in [5.74, 6) is -0.396. The van der Waals surface area contributed by atoms with E-state index in [1.165, 1.54) is 7.11 Å². The number of benzene rings is 1. The van der Waals surface area contributed by atoms with Gasteiger partial charge in [-0.15, -0.1) is 0 Å². The Morgan fingerprint density at radius 1 is 1.02 bits per heavy atom. The molecular weight excluding hydrogens is 537 g/mol. The summed E-state index contributed by atoms with van der Waals surface area (Å²) >= 11 is 0. The highest BCUT2D eigenvalue weighted by molar-refractivity contribution is 6.00.